The Morgan fingerprint density at radius 3 is 2.00 bits per heavy atom. The van der Waals surface area contributed by atoms with E-state index in [2.05, 4.69) is 0 Å². The fourth-order valence-electron chi connectivity index (χ4n) is 2.90. The first-order valence-corrected chi connectivity index (χ1v) is 10.3. The lowest BCUT2D eigenvalue weighted by atomic mass is 9.81. The molecule has 4 unspecified atom stereocenters. The largest absolute Gasteiger partial charge is 0.435 e. The smallest absolute Gasteiger partial charge is 0.317 e. The molecule has 10 heteroatoms. The van der Waals surface area contributed by atoms with Gasteiger partial charge in [0.15, 0.2) is 0 Å². The van der Waals surface area contributed by atoms with Crippen LogP contribution >= 0.6 is 0 Å². The summed E-state index contributed by atoms with van der Waals surface area (Å²) < 4.78 is 9.87. The van der Waals surface area contributed by atoms with E-state index in [9.17, 15) is 29.7 Å². The second-order valence-corrected chi connectivity index (χ2v) is 7.25. The molecule has 176 valence electrons. The highest BCUT2D eigenvalue weighted by molar-refractivity contribution is 5.83. The molecule has 0 bridgehead atoms. The van der Waals surface area contributed by atoms with Crippen molar-refractivity contribution in [1.82, 2.24) is 0 Å². The van der Waals surface area contributed by atoms with Crippen LogP contribution in [0.25, 0.3) is 0 Å². The maximum Gasteiger partial charge on any atom is 0.317 e. The van der Waals surface area contributed by atoms with Gasteiger partial charge in [0.05, 0.1) is 6.61 Å². The van der Waals surface area contributed by atoms with Crippen LogP contribution in [0.1, 0.15) is 65.2 Å². The molecular formula is C20H36O10. The van der Waals surface area contributed by atoms with Gasteiger partial charge < -0.3 is 35.0 Å². The summed E-state index contributed by atoms with van der Waals surface area (Å²) in [6, 6.07) is 0. The molecule has 0 rings (SSSR count). The number of rotatable bonds is 17. The highest BCUT2D eigenvalue weighted by Crippen LogP contribution is 2.30. The zero-order valence-electron chi connectivity index (χ0n) is 17.8. The molecule has 0 aromatic heterocycles. The average molecular weight is 436 g/mol. The van der Waals surface area contributed by atoms with Crippen molar-refractivity contribution in [3.05, 3.63) is 0 Å². The number of unbranched alkanes of at least 4 members (excludes halogenated alkanes) is 3. The monoisotopic (exact) mass is 436 g/mol. The standard InChI is InChI=1S/C20H36O10/c1-3-20(13-23,14(2)24)19(28)30-18(27)15(9-6-8-12-22)17(26)29-16(25)10-5-4-7-11-21/h15,17,19,21-23,26,28H,3-13H2,1-2H3. The van der Waals surface area contributed by atoms with Crippen LogP contribution in [-0.4, -0.2) is 75.7 Å². The highest BCUT2D eigenvalue weighted by Gasteiger charge is 2.44. The molecule has 0 spiro atoms. The number of esters is 2. The Morgan fingerprint density at radius 1 is 0.900 bits per heavy atom. The van der Waals surface area contributed by atoms with Crippen LogP contribution in [0, 0.1) is 11.3 Å². The molecule has 0 heterocycles. The summed E-state index contributed by atoms with van der Waals surface area (Å²) in [7, 11) is 0. The van der Waals surface area contributed by atoms with Gasteiger partial charge in [-0.2, -0.15) is 0 Å². The minimum atomic E-state index is -1.95. The van der Waals surface area contributed by atoms with Gasteiger partial charge in [-0.25, -0.2) is 0 Å². The van der Waals surface area contributed by atoms with Crippen molar-refractivity contribution >= 4 is 17.7 Å². The molecule has 4 atom stereocenters. The van der Waals surface area contributed by atoms with E-state index in [0.29, 0.717) is 32.1 Å². The van der Waals surface area contributed by atoms with Crippen molar-refractivity contribution in [2.45, 2.75) is 77.8 Å². The molecule has 0 aliphatic carbocycles. The van der Waals surface area contributed by atoms with Crippen molar-refractivity contribution in [2.24, 2.45) is 11.3 Å². The maximum atomic E-state index is 12.6. The van der Waals surface area contributed by atoms with Gasteiger partial charge >= 0.3 is 11.9 Å². The van der Waals surface area contributed by atoms with Gasteiger partial charge in [0.25, 0.3) is 0 Å². The molecule has 0 radical (unpaired) electrons. The second kappa shape index (κ2) is 15.2. The van der Waals surface area contributed by atoms with Gasteiger partial charge in [-0.3, -0.25) is 14.4 Å². The van der Waals surface area contributed by atoms with Crippen LogP contribution < -0.4 is 0 Å². The molecule has 0 aromatic rings. The number of aliphatic hydroxyl groups excluding tert-OH is 5. The van der Waals surface area contributed by atoms with Crippen molar-refractivity contribution in [1.29, 1.82) is 0 Å². The zero-order valence-corrected chi connectivity index (χ0v) is 17.8. The minimum absolute atomic E-state index is 0.00337. The van der Waals surface area contributed by atoms with Gasteiger partial charge in [-0.1, -0.05) is 19.8 Å². The average Bonchev–Trinajstić information content (AvgIpc) is 2.69. The fourth-order valence-corrected chi connectivity index (χ4v) is 2.90. The van der Waals surface area contributed by atoms with Crippen LogP contribution in [0.3, 0.4) is 0 Å². The van der Waals surface area contributed by atoms with E-state index in [4.69, 9.17) is 19.7 Å². The van der Waals surface area contributed by atoms with E-state index in [0.717, 1.165) is 6.92 Å². The lowest BCUT2D eigenvalue weighted by molar-refractivity contribution is -0.215. The summed E-state index contributed by atoms with van der Waals surface area (Å²) in [5, 5.41) is 47.7. The summed E-state index contributed by atoms with van der Waals surface area (Å²) >= 11 is 0. The van der Waals surface area contributed by atoms with Crippen LogP contribution in [-0.2, 0) is 23.9 Å². The number of ketones is 1. The van der Waals surface area contributed by atoms with E-state index < -0.39 is 48.2 Å². The van der Waals surface area contributed by atoms with E-state index >= 15 is 0 Å². The molecular weight excluding hydrogens is 400 g/mol. The van der Waals surface area contributed by atoms with Gasteiger partial charge in [0.2, 0.25) is 12.6 Å². The molecule has 0 aromatic carbocycles. The molecule has 0 saturated carbocycles. The predicted octanol–water partition coefficient (Wildman–Crippen LogP) is 0.0188. The van der Waals surface area contributed by atoms with Gasteiger partial charge in [-0.15, -0.1) is 0 Å². The number of hydrogen-bond donors (Lipinski definition) is 5. The molecule has 0 amide bonds. The summed E-state index contributed by atoms with van der Waals surface area (Å²) in [4.78, 5) is 36.3. The number of carbonyl (C=O) groups excluding carboxylic acids is 3. The van der Waals surface area contributed by atoms with Crippen molar-refractivity contribution < 1.29 is 49.4 Å². The molecule has 5 N–H and O–H groups in total. The SMILES string of the molecule is CCC(CO)(C(C)=O)C(O)OC(=O)C(CCCCO)C(O)OC(=O)CCCCCO. The van der Waals surface area contributed by atoms with Crippen LogP contribution in [0.2, 0.25) is 0 Å². The molecule has 0 saturated heterocycles. The first kappa shape index (κ1) is 28.4. The zero-order chi connectivity index (χ0) is 23.2. The Hall–Kier alpha value is -1.59. The highest BCUT2D eigenvalue weighted by atomic mass is 16.7. The van der Waals surface area contributed by atoms with Crippen LogP contribution in [0.4, 0.5) is 0 Å². The Bertz CT molecular complexity index is 518. The molecule has 10 nitrogen and oxygen atoms in total. The molecule has 30 heavy (non-hydrogen) atoms. The van der Waals surface area contributed by atoms with E-state index in [1.165, 1.54) is 0 Å². The van der Waals surface area contributed by atoms with Gasteiger partial charge in [0, 0.05) is 19.6 Å². The van der Waals surface area contributed by atoms with Gasteiger partial charge in [0.1, 0.15) is 17.1 Å². The second-order valence-electron chi connectivity index (χ2n) is 7.25. The van der Waals surface area contributed by atoms with E-state index in [1.807, 2.05) is 0 Å². The number of Topliss-reactive ketones (excluding diaryl/α,β-unsaturated/α-hetero) is 1. The maximum absolute atomic E-state index is 12.6. The van der Waals surface area contributed by atoms with Crippen LogP contribution in [0.5, 0.6) is 0 Å². The minimum Gasteiger partial charge on any atom is -0.435 e. The third-order valence-electron chi connectivity index (χ3n) is 5.18. The lowest BCUT2D eigenvalue weighted by Gasteiger charge is -2.33. The Morgan fingerprint density at radius 2 is 1.50 bits per heavy atom. The summed E-state index contributed by atoms with van der Waals surface area (Å²) in [6.07, 6.45) is -1.57. The number of carbonyl (C=O) groups is 3. The molecule has 0 fully saturated rings. The van der Waals surface area contributed by atoms with Crippen LogP contribution in [0.15, 0.2) is 0 Å². The Kier molecular flexibility index (Phi) is 14.4. The number of hydrogen-bond acceptors (Lipinski definition) is 10. The van der Waals surface area contributed by atoms with Crippen molar-refractivity contribution in [2.75, 3.05) is 19.8 Å². The Labute approximate surface area is 176 Å². The third-order valence-corrected chi connectivity index (χ3v) is 5.18. The van der Waals surface area contributed by atoms with Crippen molar-refractivity contribution in [3.8, 4) is 0 Å². The first-order chi connectivity index (χ1) is 14.2. The summed E-state index contributed by atoms with van der Waals surface area (Å²) in [6.45, 7) is 1.82. The van der Waals surface area contributed by atoms with Crippen molar-refractivity contribution in [3.63, 3.8) is 0 Å². The predicted molar refractivity (Wildman–Crippen MR) is 105 cm³/mol. The lowest BCUT2D eigenvalue weighted by Crippen LogP contribution is -2.48. The quantitative estimate of drug-likeness (QED) is 0.119. The number of ether oxygens (including phenoxy) is 2. The van der Waals surface area contributed by atoms with Gasteiger partial charge in [-0.05, 0) is 39.0 Å². The first-order valence-electron chi connectivity index (χ1n) is 10.3. The summed E-state index contributed by atoms with van der Waals surface area (Å²) in [5.74, 6) is -3.73. The van der Waals surface area contributed by atoms with E-state index in [-0.39, 0.29) is 32.5 Å². The topological polar surface area (TPSA) is 171 Å². The normalized spacial score (nSPS) is 16.2. The third kappa shape index (κ3) is 9.05. The summed E-state index contributed by atoms with van der Waals surface area (Å²) in [5.41, 5.74) is -1.69. The molecule has 0 aliphatic heterocycles. The fraction of sp³-hybridized carbons (Fsp3) is 0.850. The number of aliphatic hydroxyl groups is 5. The van der Waals surface area contributed by atoms with E-state index in [1.54, 1.807) is 6.92 Å². The Balaban J connectivity index is 5.14. The molecule has 0 aliphatic rings.